The molecule has 1 aromatic heterocycles. The van der Waals surface area contributed by atoms with Crippen LogP contribution in [0.25, 0.3) is 0 Å². The lowest BCUT2D eigenvalue weighted by molar-refractivity contribution is -0.133. The van der Waals surface area contributed by atoms with Crippen molar-refractivity contribution in [3.8, 4) is 0 Å². The molecule has 1 aromatic carbocycles. The molecule has 11 heteroatoms. The van der Waals surface area contributed by atoms with E-state index in [2.05, 4.69) is 26.6 Å². The highest BCUT2D eigenvalue weighted by molar-refractivity contribution is 9.11. The van der Waals surface area contributed by atoms with E-state index < -0.39 is 35.7 Å². The number of thiophene rings is 1. The molecule has 6 nitrogen and oxygen atoms in total. The highest BCUT2D eigenvalue weighted by atomic mass is 79.9. The molecule has 0 spiro atoms. The zero-order valence-corrected chi connectivity index (χ0v) is 17.6. The molecule has 2 aromatic rings. The predicted molar refractivity (Wildman–Crippen MR) is 107 cm³/mol. The Morgan fingerprint density at radius 3 is 2.54 bits per heavy atom. The van der Waals surface area contributed by atoms with Gasteiger partial charge in [0.05, 0.1) is 3.79 Å². The smallest absolute Gasteiger partial charge is 0.325 e. The molecular formula is C17H14BrF2N3O3S2. The first kappa shape index (κ1) is 20.7. The number of thioether (sulfide) groups is 1. The minimum atomic E-state index is -2.53. The number of nitrogens with zero attached hydrogens (tertiary/aromatic N) is 1. The molecule has 0 aliphatic carbocycles. The van der Waals surface area contributed by atoms with Gasteiger partial charge in [-0.25, -0.2) is 4.79 Å². The fourth-order valence-corrected chi connectivity index (χ4v) is 4.63. The maximum Gasteiger partial charge on any atom is 0.325 e. The van der Waals surface area contributed by atoms with Crippen LogP contribution in [0, 0.1) is 0 Å². The Morgan fingerprint density at radius 2 is 1.96 bits per heavy atom. The molecule has 0 saturated carbocycles. The van der Waals surface area contributed by atoms with Gasteiger partial charge in [0.25, 0.3) is 11.7 Å². The number of anilines is 1. The standard InChI is InChI=1S/C17H14BrF2N3O3S2/c1-17(11-6-7-12(18)28-11)14(25)23(16(26)22-17)8-13(24)21-9-2-4-10(5-3-9)27-15(19)20/h2-7,15H,8H2,1H3,(H,21,24)(H,22,26). The number of imide groups is 1. The number of benzene rings is 1. The number of hydrogen-bond donors (Lipinski definition) is 2. The molecule has 2 N–H and O–H groups in total. The van der Waals surface area contributed by atoms with Crippen LogP contribution in [0.1, 0.15) is 11.8 Å². The number of hydrogen-bond acceptors (Lipinski definition) is 5. The molecule has 2 heterocycles. The van der Waals surface area contributed by atoms with Crippen molar-refractivity contribution in [3.05, 3.63) is 45.1 Å². The third-order valence-electron chi connectivity index (χ3n) is 4.01. The fourth-order valence-electron chi connectivity index (χ4n) is 2.65. The zero-order valence-electron chi connectivity index (χ0n) is 14.4. The lowest BCUT2D eigenvalue weighted by Gasteiger charge is -2.20. The van der Waals surface area contributed by atoms with Gasteiger partial charge in [-0.15, -0.1) is 11.3 Å². The van der Waals surface area contributed by atoms with Crippen LogP contribution in [0.2, 0.25) is 0 Å². The lowest BCUT2D eigenvalue weighted by Crippen LogP contribution is -2.41. The highest BCUT2D eigenvalue weighted by Gasteiger charge is 2.50. The number of urea groups is 1. The number of carbonyl (C=O) groups is 3. The maximum atomic E-state index is 12.8. The summed E-state index contributed by atoms with van der Waals surface area (Å²) in [7, 11) is 0. The summed E-state index contributed by atoms with van der Waals surface area (Å²) in [5.41, 5.74) is -0.858. The first-order valence-corrected chi connectivity index (χ1v) is 10.4. The van der Waals surface area contributed by atoms with E-state index >= 15 is 0 Å². The van der Waals surface area contributed by atoms with Crippen LogP contribution >= 0.6 is 39.0 Å². The van der Waals surface area contributed by atoms with E-state index in [1.54, 1.807) is 19.1 Å². The minimum absolute atomic E-state index is 0.361. The van der Waals surface area contributed by atoms with E-state index in [4.69, 9.17) is 0 Å². The molecule has 1 atom stereocenters. The van der Waals surface area contributed by atoms with Crippen molar-refractivity contribution in [2.24, 2.45) is 0 Å². The van der Waals surface area contributed by atoms with Crippen molar-refractivity contribution in [3.63, 3.8) is 0 Å². The Bertz CT molecular complexity index is 923. The van der Waals surface area contributed by atoms with Gasteiger partial charge in [-0.3, -0.25) is 14.5 Å². The van der Waals surface area contributed by atoms with E-state index in [1.165, 1.54) is 35.6 Å². The van der Waals surface area contributed by atoms with Gasteiger partial charge in [0.1, 0.15) is 6.54 Å². The Labute approximate surface area is 175 Å². The molecule has 0 radical (unpaired) electrons. The first-order chi connectivity index (χ1) is 13.2. The van der Waals surface area contributed by atoms with Gasteiger partial charge < -0.3 is 10.6 Å². The SMILES string of the molecule is CC1(c2ccc(Br)s2)NC(=O)N(CC(=O)Nc2ccc(SC(F)F)cc2)C1=O. The van der Waals surface area contributed by atoms with Gasteiger partial charge in [0, 0.05) is 15.5 Å². The third kappa shape index (κ3) is 4.36. The second kappa shape index (κ2) is 8.18. The topological polar surface area (TPSA) is 78.5 Å². The van der Waals surface area contributed by atoms with Crippen LogP contribution in [0.3, 0.4) is 0 Å². The third-order valence-corrected chi connectivity index (χ3v) is 6.57. The van der Waals surface area contributed by atoms with Crippen LogP contribution in [-0.4, -0.2) is 35.0 Å². The van der Waals surface area contributed by atoms with Gasteiger partial charge in [0.2, 0.25) is 5.91 Å². The summed E-state index contributed by atoms with van der Waals surface area (Å²) in [5, 5.41) is 5.18. The van der Waals surface area contributed by atoms with Crippen LogP contribution in [-0.2, 0) is 15.1 Å². The van der Waals surface area contributed by atoms with E-state index in [1.807, 2.05) is 0 Å². The Kier molecular flexibility index (Phi) is 6.06. The Balaban J connectivity index is 1.65. The van der Waals surface area contributed by atoms with Crippen molar-refractivity contribution in [2.45, 2.75) is 23.1 Å². The van der Waals surface area contributed by atoms with E-state index in [-0.39, 0.29) is 0 Å². The summed E-state index contributed by atoms with van der Waals surface area (Å²) in [6.07, 6.45) is 0. The number of alkyl halides is 2. The number of nitrogens with one attached hydrogen (secondary N) is 2. The number of halogens is 3. The summed E-state index contributed by atoms with van der Waals surface area (Å²) in [4.78, 5) is 39.1. The lowest BCUT2D eigenvalue weighted by atomic mass is 10.0. The molecule has 1 unspecified atom stereocenters. The molecule has 3 rings (SSSR count). The average molecular weight is 490 g/mol. The zero-order chi connectivity index (χ0) is 20.5. The quantitative estimate of drug-likeness (QED) is 0.470. The summed E-state index contributed by atoms with van der Waals surface area (Å²) >= 11 is 5.04. The molecule has 4 amide bonds. The van der Waals surface area contributed by atoms with Crippen molar-refractivity contribution in [1.29, 1.82) is 0 Å². The monoisotopic (exact) mass is 489 g/mol. The summed E-state index contributed by atoms with van der Waals surface area (Å²) < 4.78 is 25.5. The van der Waals surface area contributed by atoms with Crippen LogP contribution < -0.4 is 10.6 Å². The normalized spacial score (nSPS) is 19.2. The summed E-state index contributed by atoms with van der Waals surface area (Å²) in [6, 6.07) is 8.70. The van der Waals surface area contributed by atoms with Crippen molar-refractivity contribution in [2.75, 3.05) is 11.9 Å². The highest BCUT2D eigenvalue weighted by Crippen LogP contribution is 2.35. The Hall–Kier alpha value is -1.98. The van der Waals surface area contributed by atoms with Crippen molar-refractivity contribution >= 4 is 62.6 Å². The first-order valence-electron chi connectivity index (χ1n) is 7.93. The molecule has 1 fully saturated rings. The number of carbonyl (C=O) groups excluding carboxylic acids is 3. The van der Waals surface area contributed by atoms with Crippen molar-refractivity contribution < 1.29 is 23.2 Å². The van der Waals surface area contributed by atoms with Crippen LogP contribution in [0.4, 0.5) is 19.3 Å². The second-order valence-electron chi connectivity index (χ2n) is 6.00. The molecule has 0 bridgehead atoms. The predicted octanol–water partition coefficient (Wildman–Crippen LogP) is 4.23. The average Bonchev–Trinajstić information content (AvgIpc) is 3.14. The molecular weight excluding hydrogens is 476 g/mol. The largest absolute Gasteiger partial charge is 0.325 e. The molecule has 1 aliphatic rings. The second-order valence-corrected chi connectivity index (χ2v) is 9.53. The van der Waals surface area contributed by atoms with Crippen molar-refractivity contribution in [1.82, 2.24) is 10.2 Å². The molecule has 1 aliphatic heterocycles. The van der Waals surface area contributed by atoms with Crippen LogP contribution in [0.5, 0.6) is 0 Å². The minimum Gasteiger partial charge on any atom is -0.325 e. The van der Waals surface area contributed by atoms with Gasteiger partial charge in [0.15, 0.2) is 5.54 Å². The molecule has 28 heavy (non-hydrogen) atoms. The van der Waals surface area contributed by atoms with E-state index in [0.29, 0.717) is 27.2 Å². The van der Waals surface area contributed by atoms with Gasteiger partial charge in [-0.2, -0.15) is 8.78 Å². The summed E-state index contributed by atoms with van der Waals surface area (Å²) in [6.45, 7) is 1.13. The Morgan fingerprint density at radius 1 is 1.29 bits per heavy atom. The number of amides is 4. The molecule has 1 saturated heterocycles. The van der Waals surface area contributed by atoms with Gasteiger partial charge in [-0.1, -0.05) is 11.8 Å². The number of rotatable bonds is 6. The van der Waals surface area contributed by atoms with E-state index in [0.717, 1.165) is 8.69 Å². The van der Waals surface area contributed by atoms with Crippen LogP contribution in [0.15, 0.2) is 45.1 Å². The van der Waals surface area contributed by atoms with Gasteiger partial charge >= 0.3 is 6.03 Å². The summed E-state index contributed by atoms with van der Waals surface area (Å²) in [5.74, 6) is -3.63. The van der Waals surface area contributed by atoms with Gasteiger partial charge in [-0.05, 0) is 59.3 Å². The fraction of sp³-hybridized carbons (Fsp3) is 0.235. The van der Waals surface area contributed by atoms with E-state index in [9.17, 15) is 23.2 Å². The maximum absolute atomic E-state index is 12.8. The molecule has 148 valence electrons.